The topological polar surface area (TPSA) is 47.6 Å². The normalized spacial score (nSPS) is 27.1. The Morgan fingerprint density at radius 2 is 2.15 bits per heavy atom. The van der Waals surface area contributed by atoms with Crippen LogP contribution in [0, 0.1) is 11.3 Å². The molecule has 1 N–H and O–H groups in total. The van der Waals surface area contributed by atoms with E-state index in [9.17, 15) is 4.79 Å². The molecule has 1 saturated carbocycles. The maximum Gasteiger partial charge on any atom is 0.313 e. The summed E-state index contributed by atoms with van der Waals surface area (Å²) in [5.41, 5.74) is 3.52. The molecule has 0 radical (unpaired) electrons. The molecule has 1 atom stereocenters. The molecule has 0 aromatic carbocycles. The van der Waals surface area contributed by atoms with Crippen LogP contribution in [0.5, 0.6) is 0 Å². The zero-order valence-corrected chi connectivity index (χ0v) is 8.38. The summed E-state index contributed by atoms with van der Waals surface area (Å²) in [6.07, 6.45) is 1.71. The number of carbonyl (C=O) groups is 1. The number of hydrogen-bond acceptors (Lipinski definition) is 4. The van der Waals surface area contributed by atoms with Crippen molar-refractivity contribution in [1.82, 2.24) is 5.48 Å². The minimum absolute atomic E-state index is 0.0986. The van der Waals surface area contributed by atoms with Crippen LogP contribution in [0.25, 0.3) is 0 Å². The van der Waals surface area contributed by atoms with Crippen molar-refractivity contribution in [3.05, 3.63) is 11.8 Å². The van der Waals surface area contributed by atoms with Gasteiger partial charge in [-0.15, -0.1) is 0 Å². The summed E-state index contributed by atoms with van der Waals surface area (Å²) < 4.78 is 4.67. The molecular weight excluding hydrogens is 170 g/mol. The minimum Gasteiger partial charge on any atom is -0.469 e. The molecule has 1 rings (SSSR count). The van der Waals surface area contributed by atoms with Gasteiger partial charge in [0.2, 0.25) is 0 Å². The zero-order valence-electron chi connectivity index (χ0n) is 8.38. The molecule has 0 saturated heterocycles. The van der Waals surface area contributed by atoms with Gasteiger partial charge in [0.05, 0.1) is 20.1 Å². The van der Waals surface area contributed by atoms with Crippen molar-refractivity contribution < 1.29 is 14.4 Å². The first-order chi connectivity index (χ1) is 6.05. The Hall–Kier alpha value is -1.03. The summed E-state index contributed by atoms with van der Waals surface area (Å²) >= 11 is 0. The van der Waals surface area contributed by atoms with Crippen LogP contribution in [0.1, 0.15) is 13.8 Å². The molecule has 0 spiro atoms. The van der Waals surface area contributed by atoms with Gasteiger partial charge < -0.3 is 4.74 Å². The minimum atomic E-state index is -0.186. The van der Waals surface area contributed by atoms with E-state index in [2.05, 4.69) is 15.1 Å². The average Bonchev–Trinajstić information content (AvgIpc) is 2.63. The fraction of sp³-hybridized carbons (Fsp3) is 0.667. The lowest BCUT2D eigenvalue weighted by Crippen LogP contribution is -2.07. The Kier molecular flexibility index (Phi) is 2.61. The number of esters is 1. The number of rotatable bonds is 3. The van der Waals surface area contributed by atoms with Crippen molar-refractivity contribution in [2.75, 3.05) is 14.2 Å². The number of hydrogen-bond donors (Lipinski definition) is 1. The molecule has 0 aliphatic heterocycles. The number of ether oxygens (including phenoxy) is 1. The predicted octanol–water partition coefficient (Wildman–Crippen LogP) is 0.850. The van der Waals surface area contributed by atoms with Gasteiger partial charge in [0.1, 0.15) is 0 Å². The molecule has 1 unspecified atom stereocenters. The highest BCUT2D eigenvalue weighted by Crippen LogP contribution is 2.57. The smallest absolute Gasteiger partial charge is 0.313 e. The number of carbonyl (C=O) groups excluding carboxylic acids is 1. The molecular formula is C9H15NO3. The van der Waals surface area contributed by atoms with E-state index in [1.807, 2.05) is 13.8 Å². The van der Waals surface area contributed by atoms with Crippen molar-refractivity contribution in [2.24, 2.45) is 11.3 Å². The van der Waals surface area contributed by atoms with E-state index < -0.39 is 0 Å². The molecule has 4 nitrogen and oxygen atoms in total. The van der Waals surface area contributed by atoms with E-state index in [0.717, 1.165) is 5.57 Å². The maximum atomic E-state index is 11.2. The van der Waals surface area contributed by atoms with Gasteiger partial charge >= 0.3 is 5.97 Å². The Labute approximate surface area is 77.9 Å². The molecule has 0 aromatic rings. The third-order valence-corrected chi connectivity index (χ3v) is 2.46. The lowest BCUT2D eigenvalue weighted by atomic mass is 10.1. The molecule has 1 fully saturated rings. The summed E-state index contributed by atoms with van der Waals surface area (Å²) in [7, 11) is 2.93. The Balaban J connectivity index is 2.66. The van der Waals surface area contributed by atoms with Crippen LogP contribution in [0.3, 0.4) is 0 Å². The van der Waals surface area contributed by atoms with Gasteiger partial charge in [0.15, 0.2) is 0 Å². The van der Waals surface area contributed by atoms with Gasteiger partial charge in [-0.25, -0.2) is 0 Å². The van der Waals surface area contributed by atoms with E-state index >= 15 is 0 Å². The molecule has 4 heteroatoms. The van der Waals surface area contributed by atoms with Gasteiger partial charge in [-0.1, -0.05) is 13.8 Å². The highest BCUT2D eigenvalue weighted by atomic mass is 16.6. The maximum absolute atomic E-state index is 11.2. The highest BCUT2D eigenvalue weighted by Gasteiger charge is 2.57. The molecule has 0 aromatic heterocycles. The fourth-order valence-corrected chi connectivity index (χ4v) is 1.51. The van der Waals surface area contributed by atoms with Crippen molar-refractivity contribution in [3.8, 4) is 0 Å². The second-order valence-electron chi connectivity index (χ2n) is 3.60. The average molecular weight is 185 g/mol. The third kappa shape index (κ3) is 1.67. The standard InChI is InChI=1S/C9H15NO3/c1-9(2)6(5-10-13-4)7(9)8(11)12-3/h5,7,10H,1-4H3. The lowest BCUT2D eigenvalue weighted by Gasteiger charge is -1.97. The number of nitrogens with one attached hydrogen (secondary N) is 1. The van der Waals surface area contributed by atoms with Crippen LogP contribution >= 0.6 is 0 Å². The van der Waals surface area contributed by atoms with Crippen molar-refractivity contribution >= 4 is 5.97 Å². The highest BCUT2D eigenvalue weighted by molar-refractivity contribution is 5.83. The van der Waals surface area contributed by atoms with E-state index in [-0.39, 0.29) is 17.3 Å². The second-order valence-corrected chi connectivity index (χ2v) is 3.60. The van der Waals surface area contributed by atoms with E-state index in [4.69, 9.17) is 0 Å². The Morgan fingerprint density at radius 1 is 1.54 bits per heavy atom. The first-order valence-corrected chi connectivity index (χ1v) is 4.12. The first-order valence-electron chi connectivity index (χ1n) is 4.12. The van der Waals surface area contributed by atoms with Crippen molar-refractivity contribution in [2.45, 2.75) is 13.8 Å². The Bertz CT molecular complexity index is 245. The quantitative estimate of drug-likeness (QED) is 0.523. The molecule has 74 valence electrons. The summed E-state index contributed by atoms with van der Waals surface area (Å²) in [5.74, 6) is -0.311. The molecule has 0 amide bonds. The largest absolute Gasteiger partial charge is 0.469 e. The van der Waals surface area contributed by atoms with Gasteiger partial charge in [0.25, 0.3) is 0 Å². The van der Waals surface area contributed by atoms with Gasteiger partial charge in [0, 0.05) is 11.6 Å². The van der Waals surface area contributed by atoms with Crippen LogP contribution in [-0.2, 0) is 14.4 Å². The predicted molar refractivity (Wildman–Crippen MR) is 47.5 cm³/mol. The van der Waals surface area contributed by atoms with Crippen LogP contribution in [0.4, 0.5) is 0 Å². The van der Waals surface area contributed by atoms with Gasteiger partial charge in [-0.2, -0.15) is 0 Å². The summed E-state index contributed by atoms with van der Waals surface area (Å²) in [6, 6.07) is 0. The summed E-state index contributed by atoms with van der Waals surface area (Å²) in [4.78, 5) is 15.9. The first kappa shape index (κ1) is 10.1. The van der Waals surface area contributed by atoms with Crippen molar-refractivity contribution in [3.63, 3.8) is 0 Å². The van der Waals surface area contributed by atoms with Crippen LogP contribution in [0.15, 0.2) is 11.8 Å². The lowest BCUT2D eigenvalue weighted by molar-refractivity contribution is -0.142. The van der Waals surface area contributed by atoms with Crippen LogP contribution < -0.4 is 5.48 Å². The third-order valence-electron chi connectivity index (χ3n) is 2.46. The zero-order chi connectivity index (χ0) is 10.1. The van der Waals surface area contributed by atoms with Crippen LogP contribution in [0.2, 0.25) is 0 Å². The number of hydroxylamine groups is 1. The van der Waals surface area contributed by atoms with E-state index in [1.165, 1.54) is 14.2 Å². The van der Waals surface area contributed by atoms with Gasteiger partial charge in [-0.05, 0) is 5.57 Å². The van der Waals surface area contributed by atoms with Crippen LogP contribution in [-0.4, -0.2) is 20.2 Å². The summed E-state index contributed by atoms with van der Waals surface area (Å²) in [5, 5.41) is 0. The fourth-order valence-electron chi connectivity index (χ4n) is 1.51. The van der Waals surface area contributed by atoms with Gasteiger partial charge in [-0.3, -0.25) is 15.1 Å². The van der Waals surface area contributed by atoms with E-state index in [1.54, 1.807) is 6.20 Å². The van der Waals surface area contributed by atoms with Crippen molar-refractivity contribution in [1.29, 1.82) is 0 Å². The molecule has 1 aliphatic rings. The Morgan fingerprint density at radius 3 is 2.62 bits per heavy atom. The summed E-state index contributed by atoms with van der Waals surface area (Å²) in [6.45, 7) is 4.00. The molecule has 0 heterocycles. The monoisotopic (exact) mass is 185 g/mol. The molecule has 13 heavy (non-hydrogen) atoms. The second kappa shape index (κ2) is 3.38. The van der Waals surface area contributed by atoms with E-state index in [0.29, 0.717) is 0 Å². The molecule has 1 aliphatic carbocycles. The molecule has 0 bridgehead atoms. The SMILES string of the molecule is CONC=C1C(C(=O)OC)C1(C)C. The number of methoxy groups -OCH3 is 1.